The average Bonchev–Trinajstić information content (AvgIpc) is 2.74. The van der Waals surface area contributed by atoms with Gasteiger partial charge in [-0.1, -0.05) is 18.2 Å². The van der Waals surface area contributed by atoms with Crippen LogP contribution in [0.15, 0.2) is 36.7 Å². The highest BCUT2D eigenvalue weighted by atomic mass is 16.5. The van der Waals surface area contributed by atoms with Crippen molar-refractivity contribution < 1.29 is 9.53 Å². The molecule has 3 N–H and O–H groups in total. The molecule has 8 nitrogen and oxygen atoms in total. The molecule has 28 heavy (non-hydrogen) atoms. The summed E-state index contributed by atoms with van der Waals surface area (Å²) in [5.41, 5.74) is 8.41. The van der Waals surface area contributed by atoms with Gasteiger partial charge >= 0.3 is 0 Å². The Morgan fingerprint density at radius 3 is 2.71 bits per heavy atom. The normalized spacial score (nSPS) is 14.6. The molecule has 8 heteroatoms. The van der Waals surface area contributed by atoms with Crippen molar-refractivity contribution in [3.63, 3.8) is 0 Å². The maximum Gasteiger partial charge on any atom is 0.236 e. The van der Waals surface area contributed by atoms with Gasteiger partial charge in [-0.2, -0.15) is 0 Å². The van der Waals surface area contributed by atoms with Crippen molar-refractivity contribution in [3.8, 4) is 11.1 Å². The Labute approximate surface area is 165 Å². The zero-order chi connectivity index (χ0) is 19.8. The lowest BCUT2D eigenvalue weighted by Gasteiger charge is -2.26. The summed E-state index contributed by atoms with van der Waals surface area (Å²) >= 11 is 0. The van der Waals surface area contributed by atoms with E-state index in [9.17, 15) is 4.79 Å². The van der Waals surface area contributed by atoms with Gasteiger partial charge in [-0.3, -0.25) is 9.69 Å². The van der Waals surface area contributed by atoms with Gasteiger partial charge in [0.25, 0.3) is 0 Å². The summed E-state index contributed by atoms with van der Waals surface area (Å²) in [6.07, 6.45) is 3.63. The molecule has 0 aliphatic carbocycles. The molecular weight excluding hydrogens is 356 g/mol. The Balaban J connectivity index is 1.55. The van der Waals surface area contributed by atoms with Gasteiger partial charge in [0.2, 0.25) is 11.9 Å². The fraction of sp³-hybridized carbons (Fsp3) is 0.450. The first kappa shape index (κ1) is 20.2. The van der Waals surface area contributed by atoms with E-state index in [1.165, 1.54) is 0 Å². The second-order valence-electron chi connectivity index (χ2n) is 6.83. The predicted octanol–water partition coefficient (Wildman–Crippen LogP) is 0.805. The van der Waals surface area contributed by atoms with Crippen LogP contribution in [0.5, 0.6) is 0 Å². The number of amides is 1. The summed E-state index contributed by atoms with van der Waals surface area (Å²) in [7, 11) is 1.75. The number of benzene rings is 1. The fourth-order valence-electron chi connectivity index (χ4n) is 3.09. The SMILES string of the molecule is CN(Cc1cccc(-c2cnc(NCCN3CCOCC3)nc2)c1)C(=O)CN. The van der Waals surface area contributed by atoms with E-state index in [1.54, 1.807) is 11.9 Å². The summed E-state index contributed by atoms with van der Waals surface area (Å²) < 4.78 is 5.35. The average molecular weight is 384 g/mol. The molecule has 1 aliphatic rings. The van der Waals surface area contributed by atoms with E-state index in [-0.39, 0.29) is 12.5 Å². The largest absolute Gasteiger partial charge is 0.379 e. The highest BCUT2D eigenvalue weighted by Crippen LogP contribution is 2.20. The number of anilines is 1. The molecule has 1 saturated heterocycles. The van der Waals surface area contributed by atoms with Gasteiger partial charge in [0, 0.05) is 57.7 Å². The smallest absolute Gasteiger partial charge is 0.236 e. The maximum absolute atomic E-state index is 11.7. The van der Waals surface area contributed by atoms with Crippen LogP contribution >= 0.6 is 0 Å². The number of aromatic nitrogens is 2. The van der Waals surface area contributed by atoms with Gasteiger partial charge in [0.05, 0.1) is 19.8 Å². The monoisotopic (exact) mass is 384 g/mol. The van der Waals surface area contributed by atoms with E-state index in [1.807, 2.05) is 36.7 Å². The van der Waals surface area contributed by atoms with E-state index < -0.39 is 0 Å². The molecule has 1 aromatic heterocycles. The molecule has 1 aliphatic heterocycles. The number of ether oxygens (including phenoxy) is 1. The molecule has 3 rings (SSSR count). The van der Waals surface area contributed by atoms with Gasteiger partial charge in [0.15, 0.2) is 0 Å². The number of nitrogens with one attached hydrogen (secondary N) is 1. The number of carbonyl (C=O) groups excluding carboxylic acids is 1. The van der Waals surface area contributed by atoms with Crippen molar-refractivity contribution in [2.45, 2.75) is 6.54 Å². The van der Waals surface area contributed by atoms with Gasteiger partial charge in [0.1, 0.15) is 0 Å². The van der Waals surface area contributed by atoms with Crippen molar-refractivity contribution in [2.24, 2.45) is 5.73 Å². The van der Waals surface area contributed by atoms with Gasteiger partial charge in [-0.25, -0.2) is 9.97 Å². The lowest BCUT2D eigenvalue weighted by molar-refractivity contribution is -0.128. The number of carbonyl (C=O) groups is 1. The zero-order valence-corrected chi connectivity index (χ0v) is 16.3. The van der Waals surface area contributed by atoms with Crippen molar-refractivity contribution in [1.29, 1.82) is 0 Å². The molecule has 0 saturated carbocycles. The molecule has 1 amide bonds. The number of nitrogens with two attached hydrogens (primary N) is 1. The molecular formula is C20H28N6O2. The minimum atomic E-state index is -0.0822. The summed E-state index contributed by atoms with van der Waals surface area (Å²) in [6, 6.07) is 8.02. The Bertz CT molecular complexity index is 762. The van der Waals surface area contributed by atoms with Crippen LogP contribution in [0.25, 0.3) is 11.1 Å². The standard InChI is InChI=1S/C20H28N6O2/c1-25(19(27)12-21)15-16-3-2-4-17(11-16)18-13-23-20(24-14-18)22-5-6-26-7-9-28-10-8-26/h2-4,11,13-14H,5-10,12,15,21H2,1H3,(H,22,23,24). The topological polar surface area (TPSA) is 96.6 Å². The minimum absolute atomic E-state index is 0.0179. The molecule has 0 bridgehead atoms. The Kier molecular flexibility index (Phi) is 7.30. The Morgan fingerprint density at radius 2 is 2.00 bits per heavy atom. The predicted molar refractivity (Wildman–Crippen MR) is 109 cm³/mol. The van der Waals surface area contributed by atoms with Crippen LogP contribution in [0.3, 0.4) is 0 Å². The van der Waals surface area contributed by atoms with Crippen LogP contribution < -0.4 is 11.1 Å². The first-order chi connectivity index (χ1) is 13.7. The number of likely N-dealkylation sites (N-methyl/N-ethyl adjacent to an activating group) is 1. The van der Waals surface area contributed by atoms with Gasteiger partial charge < -0.3 is 20.7 Å². The second-order valence-corrected chi connectivity index (χ2v) is 6.83. The number of morpholine rings is 1. The van der Waals surface area contributed by atoms with Crippen LogP contribution in [0.1, 0.15) is 5.56 Å². The minimum Gasteiger partial charge on any atom is -0.379 e. The van der Waals surface area contributed by atoms with E-state index >= 15 is 0 Å². The molecule has 0 radical (unpaired) electrons. The highest BCUT2D eigenvalue weighted by Gasteiger charge is 2.10. The van der Waals surface area contributed by atoms with Crippen molar-refractivity contribution in [3.05, 3.63) is 42.2 Å². The van der Waals surface area contributed by atoms with E-state index in [4.69, 9.17) is 10.5 Å². The van der Waals surface area contributed by atoms with Crippen molar-refractivity contribution in [2.75, 3.05) is 58.3 Å². The third-order valence-electron chi connectivity index (χ3n) is 4.75. The third-order valence-corrected chi connectivity index (χ3v) is 4.75. The number of hydrogen-bond donors (Lipinski definition) is 2. The lowest BCUT2D eigenvalue weighted by Crippen LogP contribution is -2.39. The third kappa shape index (κ3) is 5.72. The molecule has 1 fully saturated rings. The molecule has 2 aromatic rings. The first-order valence-electron chi connectivity index (χ1n) is 9.55. The van der Waals surface area contributed by atoms with Crippen LogP contribution in [0, 0.1) is 0 Å². The van der Waals surface area contributed by atoms with Crippen LogP contribution in [-0.4, -0.2) is 78.7 Å². The first-order valence-corrected chi connectivity index (χ1v) is 9.55. The maximum atomic E-state index is 11.7. The van der Waals surface area contributed by atoms with Crippen molar-refractivity contribution >= 4 is 11.9 Å². The quantitative estimate of drug-likeness (QED) is 0.695. The Morgan fingerprint density at radius 1 is 1.25 bits per heavy atom. The van der Waals surface area contributed by atoms with E-state index in [0.717, 1.165) is 56.1 Å². The van der Waals surface area contributed by atoms with Crippen LogP contribution in [-0.2, 0) is 16.1 Å². The zero-order valence-electron chi connectivity index (χ0n) is 16.3. The number of rotatable bonds is 8. The molecule has 150 valence electrons. The molecule has 0 unspecified atom stereocenters. The Hall–Kier alpha value is -2.55. The van der Waals surface area contributed by atoms with Gasteiger partial charge in [-0.15, -0.1) is 0 Å². The molecule has 2 heterocycles. The van der Waals surface area contributed by atoms with Crippen LogP contribution in [0.4, 0.5) is 5.95 Å². The summed E-state index contributed by atoms with van der Waals surface area (Å²) in [4.78, 5) is 24.5. The van der Waals surface area contributed by atoms with Crippen molar-refractivity contribution in [1.82, 2.24) is 19.8 Å². The number of hydrogen-bond acceptors (Lipinski definition) is 7. The fourth-order valence-corrected chi connectivity index (χ4v) is 3.09. The summed E-state index contributed by atoms with van der Waals surface area (Å²) in [5, 5.41) is 3.27. The second kappa shape index (κ2) is 10.1. The van der Waals surface area contributed by atoms with Crippen LogP contribution in [0.2, 0.25) is 0 Å². The number of nitrogens with zero attached hydrogens (tertiary/aromatic N) is 4. The van der Waals surface area contributed by atoms with Gasteiger partial charge in [-0.05, 0) is 17.2 Å². The van der Waals surface area contributed by atoms with E-state index in [2.05, 4.69) is 20.2 Å². The molecule has 0 spiro atoms. The molecule has 0 atom stereocenters. The highest BCUT2D eigenvalue weighted by molar-refractivity contribution is 5.77. The molecule has 1 aromatic carbocycles. The summed E-state index contributed by atoms with van der Waals surface area (Å²) in [5.74, 6) is 0.544. The lowest BCUT2D eigenvalue weighted by atomic mass is 10.1. The summed E-state index contributed by atoms with van der Waals surface area (Å²) in [6.45, 7) is 5.85. The van der Waals surface area contributed by atoms with E-state index in [0.29, 0.717) is 12.5 Å².